The molecule has 0 atom stereocenters. The Kier molecular flexibility index (Phi) is 6.25. The lowest BCUT2D eigenvalue weighted by Crippen LogP contribution is -2.51. The highest BCUT2D eigenvalue weighted by atomic mass is 35.5. The largest absolute Gasteiger partial charge is 0.444 e. The van der Waals surface area contributed by atoms with Crippen LogP contribution in [0.15, 0.2) is 18.2 Å². The van der Waals surface area contributed by atoms with Crippen LogP contribution in [-0.2, 0) is 20.5 Å². The SMILES string of the molecule is CC(C)(C)OC(=O)N1CCN(S(=O)(=O)Cc2ccc(Cl)c(Cl)c2)CC1. The predicted octanol–water partition coefficient (Wildman–Crippen LogP) is 3.38. The molecular formula is C16H22Cl2N2O4S. The van der Waals surface area contributed by atoms with Gasteiger partial charge in [-0.15, -0.1) is 0 Å². The van der Waals surface area contributed by atoms with Crippen LogP contribution in [-0.4, -0.2) is 55.5 Å². The Balaban J connectivity index is 1.96. The molecule has 2 rings (SSSR count). The smallest absolute Gasteiger partial charge is 0.410 e. The fourth-order valence-corrected chi connectivity index (χ4v) is 4.23. The maximum Gasteiger partial charge on any atom is 0.410 e. The van der Waals surface area contributed by atoms with E-state index in [4.69, 9.17) is 27.9 Å². The zero-order valence-corrected chi connectivity index (χ0v) is 16.8. The molecule has 0 bridgehead atoms. The van der Waals surface area contributed by atoms with Crippen LogP contribution in [0.2, 0.25) is 10.0 Å². The maximum absolute atomic E-state index is 12.6. The van der Waals surface area contributed by atoms with Crippen LogP contribution < -0.4 is 0 Å². The Morgan fingerprint density at radius 2 is 1.72 bits per heavy atom. The molecule has 25 heavy (non-hydrogen) atoms. The van der Waals surface area contributed by atoms with Crippen molar-refractivity contribution in [2.24, 2.45) is 0 Å². The third-order valence-corrected chi connectivity index (χ3v) is 6.21. The molecule has 1 aromatic carbocycles. The van der Waals surface area contributed by atoms with Gasteiger partial charge in [0.2, 0.25) is 10.0 Å². The summed E-state index contributed by atoms with van der Waals surface area (Å²) in [5, 5.41) is 0.706. The lowest BCUT2D eigenvalue weighted by Gasteiger charge is -2.35. The molecule has 0 spiro atoms. The van der Waals surface area contributed by atoms with Crippen molar-refractivity contribution in [1.82, 2.24) is 9.21 Å². The molecular weight excluding hydrogens is 387 g/mol. The van der Waals surface area contributed by atoms with Crippen molar-refractivity contribution in [3.05, 3.63) is 33.8 Å². The number of hydrogen-bond donors (Lipinski definition) is 0. The van der Waals surface area contributed by atoms with Gasteiger partial charge < -0.3 is 9.64 Å². The maximum atomic E-state index is 12.6. The zero-order valence-electron chi connectivity index (χ0n) is 14.5. The monoisotopic (exact) mass is 408 g/mol. The summed E-state index contributed by atoms with van der Waals surface area (Å²) < 4.78 is 31.8. The second-order valence-corrected chi connectivity index (χ2v) is 9.65. The molecule has 6 nitrogen and oxygen atoms in total. The third-order valence-electron chi connectivity index (χ3n) is 3.62. The van der Waals surface area contributed by atoms with E-state index < -0.39 is 21.7 Å². The molecule has 0 aliphatic carbocycles. The standard InChI is InChI=1S/C16H22Cl2N2O4S/c1-16(2,3)24-15(21)19-6-8-20(9-7-19)25(22,23)11-12-4-5-13(17)14(18)10-12/h4-5,10H,6-9,11H2,1-3H3. The van der Waals surface area contributed by atoms with E-state index in [1.54, 1.807) is 39.0 Å². The van der Waals surface area contributed by atoms with Gasteiger partial charge in [0, 0.05) is 26.2 Å². The Morgan fingerprint density at radius 3 is 2.24 bits per heavy atom. The van der Waals surface area contributed by atoms with Crippen LogP contribution in [0.1, 0.15) is 26.3 Å². The van der Waals surface area contributed by atoms with E-state index in [-0.39, 0.29) is 18.8 Å². The van der Waals surface area contributed by atoms with Crippen LogP contribution in [0, 0.1) is 0 Å². The van der Waals surface area contributed by atoms with Gasteiger partial charge in [-0.2, -0.15) is 4.31 Å². The Hall–Kier alpha value is -1.02. The van der Waals surface area contributed by atoms with Gasteiger partial charge in [-0.1, -0.05) is 29.3 Å². The van der Waals surface area contributed by atoms with Gasteiger partial charge in [-0.3, -0.25) is 0 Å². The molecule has 1 fully saturated rings. The van der Waals surface area contributed by atoms with E-state index >= 15 is 0 Å². The number of amides is 1. The fraction of sp³-hybridized carbons (Fsp3) is 0.562. The first kappa shape index (κ1) is 20.3. The first-order valence-electron chi connectivity index (χ1n) is 7.88. The van der Waals surface area contributed by atoms with Crippen molar-refractivity contribution in [1.29, 1.82) is 0 Å². The molecule has 0 saturated carbocycles. The van der Waals surface area contributed by atoms with Crippen LogP contribution in [0.3, 0.4) is 0 Å². The number of benzene rings is 1. The molecule has 0 aromatic heterocycles. The van der Waals surface area contributed by atoms with Crippen molar-refractivity contribution in [2.45, 2.75) is 32.1 Å². The molecule has 1 heterocycles. The van der Waals surface area contributed by atoms with Crippen molar-refractivity contribution in [2.75, 3.05) is 26.2 Å². The summed E-state index contributed by atoms with van der Waals surface area (Å²) in [5.41, 5.74) is -0.00213. The first-order valence-corrected chi connectivity index (χ1v) is 10.2. The molecule has 1 aliphatic heterocycles. The van der Waals surface area contributed by atoms with E-state index in [0.717, 1.165) is 0 Å². The number of piperazine rings is 1. The Bertz CT molecular complexity index is 739. The van der Waals surface area contributed by atoms with E-state index in [1.807, 2.05) is 0 Å². The highest BCUT2D eigenvalue weighted by Gasteiger charge is 2.31. The number of sulfonamides is 1. The van der Waals surface area contributed by atoms with E-state index in [0.29, 0.717) is 28.7 Å². The van der Waals surface area contributed by atoms with E-state index in [9.17, 15) is 13.2 Å². The van der Waals surface area contributed by atoms with Crippen LogP contribution in [0.25, 0.3) is 0 Å². The minimum Gasteiger partial charge on any atom is -0.444 e. The number of hydrogen-bond acceptors (Lipinski definition) is 4. The van der Waals surface area contributed by atoms with Gasteiger partial charge in [0.15, 0.2) is 0 Å². The summed E-state index contributed by atoms with van der Waals surface area (Å²) in [6.45, 7) is 6.46. The van der Waals surface area contributed by atoms with Gasteiger partial charge in [0.05, 0.1) is 15.8 Å². The van der Waals surface area contributed by atoms with Gasteiger partial charge in [-0.25, -0.2) is 13.2 Å². The average Bonchev–Trinajstić information content (AvgIpc) is 2.49. The van der Waals surface area contributed by atoms with Crippen molar-refractivity contribution >= 4 is 39.3 Å². The molecule has 140 valence electrons. The second-order valence-electron chi connectivity index (χ2n) is 6.87. The van der Waals surface area contributed by atoms with Gasteiger partial charge >= 0.3 is 6.09 Å². The molecule has 1 aromatic rings. The normalized spacial score (nSPS) is 16.8. The van der Waals surface area contributed by atoms with E-state index in [2.05, 4.69) is 0 Å². The number of halogens is 2. The first-order chi connectivity index (χ1) is 11.5. The summed E-state index contributed by atoms with van der Waals surface area (Å²) in [7, 11) is -3.50. The highest BCUT2D eigenvalue weighted by Crippen LogP contribution is 2.24. The van der Waals surface area contributed by atoms with Gasteiger partial charge in [0.1, 0.15) is 5.60 Å². The second kappa shape index (κ2) is 7.70. The number of ether oxygens (including phenoxy) is 1. The molecule has 0 N–H and O–H groups in total. The summed E-state index contributed by atoms with van der Waals surface area (Å²) in [5.74, 6) is -0.156. The van der Waals surface area contributed by atoms with Crippen LogP contribution in [0.5, 0.6) is 0 Å². The van der Waals surface area contributed by atoms with Crippen molar-refractivity contribution in [3.8, 4) is 0 Å². The van der Waals surface area contributed by atoms with Gasteiger partial charge in [0.25, 0.3) is 0 Å². The third kappa shape index (κ3) is 5.74. The molecule has 1 aliphatic rings. The number of nitrogens with zero attached hydrogens (tertiary/aromatic N) is 2. The summed E-state index contributed by atoms with van der Waals surface area (Å²) in [4.78, 5) is 13.6. The van der Waals surface area contributed by atoms with Gasteiger partial charge in [-0.05, 0) is 38.5 Å². The summed E-state index contributed by atoms with van der Waals surface area (Å²) >= 11 is 11.8. The number of carbonyl (C=O) groups is 1. The Morgan fingerprint density at radius 1 is 1.12 bits per heavy atom. The summed E-state index contributed by atoms with van der Waals surface area (Å²) in [6.07, 6.45) is -0.422. The van der Waals surface area contributed by atoms with Crippen molar-refractivity contribution < 1.29 is 17.9 Å². The Labute approximate surface area is 158 Å². The van der Waals surface area contributed by atoms with E-state index in [1.165, 1.54) is 9.21 Å². The molecule has 1 amide bonds. The lowest BCUT2D eigenvalue weighted by atomic mass is 10.2. The molecule has 0 unspecified atom stereocenters. The van der Waals surface area contributed by atoms with Crippen molar-refractivity contribution in [3.63, 3.8) is 0 Å². The minimum absolute atomic E-state index is 0.156. The highest BCUT2D eigenvalue weighted by molar-refractivity contribution is 7.88. The van der Waals surface area contributed by atoms with Crippen LogP contribution >= 0.6 is 23.2 Å². The fourth-order valence-electron chi connectivity index (χ4n) is 2.41. The molecule has 0 radical (unpaired) electrons. The zero-order chi connectivity index (χ0) is 18.8. The summed E-state index contributed by atoms with van der Waals surface area (Å²) in [6, 6.07) is 4.77. The topological polar surface area (TPSA) is 66.9 Å². The number of carbonyl (C=O) groups excluding carboxylic acids is 1. The molecule has 1 saturated heterocycles. The average molecular weight is 409 g/mol. The number of rotatable bonds is 3. The quantitative estimate of drug-likeness (QED) is 0.768. The van der Waals surface area contributed by atoms with Crippen LogP contribution in [0.4, 0.5) is 4.79 Å². The molecule has 9 heteroatoms. The predicted molar refractivity (Wildman–Crippen MR) is 98.5 cm³/mol. The minimum atomic E-state index is -3.50. The lowest BCUT2D eigenvalue weighted by molar-refractivity contribution is 0.0192.